The normalized spacial score (nSPS) is 12.0. The second-order valence-electron chi connectivity index (χ2n) is 9.49. The SMILES string of the molecule is Cc1c(Cl)cccc1NC(=O)CS/C(NC(=O)c1ccccc1)=C(\C#N)[C@@H](CC(=O)c1ccccc1)c1ccccc1Cl. The van der Waals surface area contributed by atoms with Crippen molar-refractivity contribution in [2.45, 2.75) is 19.3 Å². The Morgan fingerprint density at radius 3 is 2.07 bits per heavy atom. The molecule has 0 aliphatic rings. The molecular formula is C34H27Cl2N3O3S. The number of thioether (sulfide) groups is 1. The quantitative estimate of drug-likeness (QED) is 0.129. The lowest BCUT2D eigenvalue weighted by Gasteiger charge is -2.21. The maximum absolute atomic E-state index is 13.4. The summed E-state index contributed by atoms with van der Waals surface area (Å²) < 4.78 is 0. The molecule has 0 saturated heterocycles. The van der Waals surface area contributed by atoms with Crippen molar-refractivity contribution in [1.82, 2.24) is 5.32 Å². The van der Waals surface area contributed by atoms with Crippen molar-refractivity contribution in [3.8, 4) is 6.07 Å². The molecule has 0 saturated carbocycles. The van der Waals surface area contributed by atoms with Crippen molar-refractivity contribution in [2.24, 2.45) is 0 Å². The van der Waals surface area contributed by atoms with Crippen LogP contribution in [0.3, 0.4) is 0 Å². The molecule has 0 heterocycles. The lowest BCUT2D eigenvalue weighted by Crippen LogP contribution is -2.26. The Balaban J connectivity index is 1.73. The van der Waals surface area contributed by atoms with Crippen LogP contribution in [0.5, 0.6) is 0 Å². The minimum absolute atomic E-state index is 0.0875. The lowest BCUT2D eigenvalue weighted by atomic mass is 9.86. The number of benzene rings is 4. The van der Waals surface area contributed by atoms with E-state index in [-0.39, 0.29) is 34.5 Å². The summed E-state index contributed by atoms with van der Waals surface area (Å²) >= 11 is 13.8. The van der Waals surface area contributed by atoms with Crippen LogP contribution in [0.1, 0.15) is 44.2 Å². The molecule has 0 spiro atoms. The molecule has 4 aromatic rings. The summed E-state index contributed by atoms with van der Waals surface area (Å²) in [6.07, 6.45) is -0.0875. The van der Waals surface area contributed by atoms with Crippen LogP contribution < -0.4 is 10.6 Å². The van der Waals surface area contributed by atoms with Crippen molar-refractivity contribution < 1.29 is 14.4 Å². The molecule has 0 radical (unpaired) electrons. The van der Waals surface area contributed by atoms with Gasteiger partial charge in [0.1, 0.15) is 0 Å². The van der Waals surface area contributed by atoms with Gasteiger partial charge in [0, 0.05) is 39.2 Å². The fourth-order valence-corrected chi connectivity index (χ4v) is 5.65. The molecule has 0 bridgehead atoms. The molecule has 0 aliphatic heterocycles. The summed E-state index contributed by atoms with van der Waals surface area (Å²) in [5.74, 6) is -1.97. The Morgan fingerprint density at radius 1 is 0.814 bits per heavy atom. The number of nitriles is 1. The first-order chi connectivity index (χ1) is 20.8. The highest BCUT2D eigenvalue weighted by molar-refractivity contribution is 8.03. The van der Waals surface area contributed by atoms with Gasteiger partial charge in [0.2, 0.25) is 5.91 Å². The van der Waals surface area contributed by atoms with Crippen molar-refractivity contribution in [3.63, 3.8) is 0 Å². The van der Waals surface area contributed by atoms with E-state index in [2.05, 4.69) is 16.7 Å². The van der Waals surface area contributed by atoms with E-state index < -0.39 is 11.8 Å². The third kappa shape index (κ3) is 8.36. The summed E-state index contributed by atoms with van der Waals surface area (Å²) in [6.45, 7) is 1.79. The van der Waals surface area contributed by atoms with E-state index in [9.17, 15) is 19.6 Å². The van der Waals surface area contributed by atoms with Crippen LogP contribution in [0.4, 0.5) is 5.69 Å². The molecule has 43 heavy (non-hydrogen) atoms. The second kappa shape index (κ2) is 15.2. The number of halogens is 2. The summed E-state index contributed by atoms with van der Waals surface area (Å²) in [7, 11) is 0. The van der Waals surface area contributed by atoms with Crippen molar-refractivity contribution >= 4 is 58.2 Å². The standard InChI is InChI=1S/C34H27Cl2N3O3S/c1-22-28(35)17-10-18-30(22)38-32(41)21-43-34(39-33(42)24-13-6-3-7-14-24)27(20-37)26(25-15-8-9-16-29(25)36)19-31(40)23-11-4-2-5-12-23/h2-18,26H,19,21H2,1H3,(H,38,41)(H,39,42)/b34-27+/t26-/m0/s1. The van der Waals surface area contributed by atoms with Gasteiger partial charge in [0.15, 0.2) is 5.78 Å². The highest BCUT2D eigenvalue weighted by atomic mass is 35.5. The molecule has 2 amide bonds. The van der Waals surface area contributed by atoms with Crippen LogP contribution in [0.2, 0.25) is 10.0 Å². The van der Waals surface area contributed by atoms with E-state index in [0.717, 1.165) is 11.8 Å². The number of amides is 2. The number of hydrogen-bond donors (Lipinski definition) is 2. The number of ketones is 1. The Labute approximate surface area is 264 Å². The van der Waals surface area contributed by atoms with E-state index in [4.69, 9.17) is 23.2 Å². The molecule has 0 unspecified atom stereocenters. The molecule has 0 aliphatic carbocycles. The molecule has 9 heteroatoms. The summed E-state index contributed by atoms with van der Waals surface area (Å²) in [6, 6.07) is 31.6. The molecule has 2 N–H and O–H groups in total. The average molecular weight is 629 g/mol. The summed E-state index contributed by atoms with van der Waals surface area (Å²) in [4.78, 5) is 39.7. The number of hydrogen-bond acceptors (Lipinski definition) is 5. The van der Waals surface area contributed by atoms with Gasteiger partial charge >= 0.3 is 0 Å². The van der Waals surface area contributed by atoms with Gasteiger partial charge in [0.25, 0.3) is 5.91 Å². The fraction of sp³-hybridized carbons (Fsp3) is 0.118. The summed E-state index contributed by atoms with van der Waals surface area (Å²) in [5, 5.41) is 17.2. The first-order valence-electron chi connectivity index (χ1n) is 13.3. The molecule has 0 aromatic heterocycles. The maximum Gasteiger partial charge on any atom is 0.256 e. The predicted octanol–water partition coefficient (Wildman–Crippen LogP) is 8.20. The molecule has 4 rings (SSSR count). The Hall–Kier alpha value is -4.35. The molecular weight excluding hydrogens is 601 g/mol. The topological polar surface area (TPSA) is 99.1 Å². The minimum Gasteiger partial charge on any atom is -0.325 e. The van der Waals surface area contributed by atoms with Crippen LogP contribution in [0, 0.1) is 18.3 Å². The number of allylic oxidation sites excluding steroid dienone is 1. The van der Waals surface area contributed by atoms with Gasteiger partial charge in [0.05, 0.1) is 22.4 Å². The Kier molecular flexibility index (Phi) is 11.2. The Bertz CT molecular complexity index is 1700. The van der Waals surface area contributed by atoms with Gasteiger partial charge in [-0.2, -0.15) is 5.26 Å². The summed E-state index contributed by atoms with van der Waals surface area (Å²) in [5.41, 5.74) is 2.78. The van der Waals surface area contributed by atoms with Gasteiger partial charge in [-0.15, -0.1) is 0 Å². The second-order valence-corrected chi connectivity index (χ2v) is 11.3. The van der Waals surface area contributed by atoms with Gasteiger partial charge in [-0.25, -0.2) is 0 Å². The maximum atomic E-state index is 13.4. The van der Waals surface area contributed by atoms with Crippen LogP contribution >= 0.6 is 35.0 Å². The molecule has 1 atom stereocenters. The first-order valence-corrected chi connectivity index (χ1v) is 15.0. The van der Waals surface area contributed by atoms with Crippen LogP contribution in [-0.2, 0) is 4.79 Å². The minimum atomic E-state index is -0.803. The van der Waals surface area contributed by atoms with E-state index in [0.29, 0.717) is 38.0 Å². The van der Waals surface area contributed by atoms with E-state index in [1.165, 1.54) is 0 Å². The number of carbonyl (C=O) groups excluding carboxylic acids is 3. The fourth-order valence-electron chi connectivity index (χ4n) is 4.35. The number of nitrogens with zero attached hydrogens (tertiary/aromatic N) is 1. The molecule has 0 fully saturated rings. The van der Waals surface area contributed by atoms with Gasteiger partial charge in [-0.1, -0.05) is 108 Å². The van der Waals surface area contributed by atoms with Crippen molar-refractivity contribution in [2.75, 3.05) is 11.1 Å². The number of rotatable bonds is 11. The predicted molar refractivity (Wildman–Crippen MR) is 173 cm³/mol. The van der Waals surface area contributed by atoms with Crippen molar-refractivity contribution in [1.29, 1.82) is 5.26 Å². The molecule has 4 aromatic carbocycles. The zero-order chi connectivity index (χ0) is 30.8. The third-order valence-electron chi connectivity index (χ3n) is 6.63. The van der Waals surface area contributed by atoms with Crippen LogP contribution in [0.15, 0.2) is 114 Å². The Morgan fingerprint density at radius 2 is 1.42 bits per heavy atom. The zero-order valence-corrected chi connectivity index (χ0v) is 25.5. The van der Waals surface area contributed by atoms with Gasteiger partial charge < -0.3 is 10.6 Å². The number of Topliss-reactive ketones (excluding diaryl/α,β-unsaturated/α-hetero) is 1. The smallest absolute Gasteiger partial charge is 0.256 e. The van der Waals surface area contributed by atoms with Gasteiger partial charge in [-0.05, 0) is 48.4 Å². The highest BCUT2D eigenvalue weighted by Crippen LogP contribution is 2.37. The highest BCUT2D eigenvalue weighted by Gasteiger charge is 2.28. The van der Waals surface area contributed by atoms with E-state index in [1.54, 1.807) is 104 Å². The van der Waals surface area contributed by atoms with Gasteiger partial charge in [-0.3, -0.25) is 14.4 Å². The van der Waals surface area contributed by atoms with E-state index in [1.807, 2.05) is 6.07 Å². The number of anilines is 1. The first kappa shape index (κ1) is 31.6. The molecule has 6 nitrogen and oxygen atoms in total. The third-order valence-corrected chi connectivity index (χ3v) is 8.40. The molecule has 216 valence electrons. The number of nitrogens with one attached hydrogen (secondary N) is 2. The van der Waals surface area contributed by atoms with Crippen LogP contribution in [-0.4, -0.2) is 23.4 Å². The monoisotopic (exact) mass is 627 g/mol. The van der Waals surface area contributed by atoms with E-state index >= 15 is 0 Å². The largest absolute Gasteiger partial charge is 0.325 e. The lowest BCUT2D eigenvalue weighted by molar-refractivity contribution is -0.113. The zero-order valence-electron chi connectivity index (χ0n) is 23.1. The van der Waals surface area contributed by atoms with Crippen molar-refractivity contribution in [3.05, 3.63) is 146 Å². The number of carbonyl (C=O) groups is 3. The van der Waals surface area contributed by atoms with Crippen LogP contribution in [0.25, 0.3) is 0 Å². The average Bonchev–Trinajstić information content (AvgIpc) is 3.02.